The van der Waals surface area contributed by atoms with Crippen molar-refractivity contribution in [2.75, 3.05) is 29.9 Å². The lowest BCUT2D eigenvalue weighted by atomic mass is 10.1. The Labute approximate surface area is 130 Å². The van der Waals surface area contributed by atoms with Crippen molar-refractivity contribution in [3.8, 4) is 0 Å². The van der Waals surface area contributed by atoms with Gasteiger partial charge in [0.25, 0.3) is 5.91 Å². The highest BCUT2D eigenvalue weighted by atomic mass is 16.2. The largest absolute Gasteiger partial charge is 0.355 e. The van der Waals surface area contributed by atoms with Gasteiger partial charge in [-0.2, -0.15) is 0 Å². The highest BCUT2D eigenvalue weighted by Crippen LogP contribution is 2.17. The zero-order chi connectivity index (χ0) is 15.4. The maximum Gasteiger partial charge on any atom is 0.278 e. The lowest BCUT2D eigenvalue weighted by molar-refractivity contribution is 0.0988. The average Bonchev–Trinajstić information content (AvgIpc) is 2.62. The second kappa shape index (κ2) is 6.56. The number of hydrogen-bond donors (Lipinski definition) is 0. The Morgan fingerprint density at radius 3 is 2.41 bits per heavy atom. The van der Waals surface area contributed by atoms with Gasteiger partial charge in [0.05, 0.1) is 12.4 Å². The summed E-state index contributed by atoms with van der Waals surface area (Å²) in [6.45, 7) is 2.04. The Balaban J connectivity index is 1.73. The van der Waals surface area contributed by atoms with Crippen LogP contribution < -0.4 is 9.80 Å². The van der Waals surface area contributed by atoms with Crippen molar-refractivity contribution >= 4 is 17.4 Å². The van der Waals surface area contributed by atoms with E-state index in [0.717, 1.165) is 24.6 Å². The van der Waals surface area contributed by atoms with E-state index in [1.54, 1.807) is 24.3 Å². The summed E-state index contributed by atoms with van der Waals surface area (Å²) in [6, 6.07) is 9.53. The molecule has 1 aromatic heterocycles. The third-order valence-electron chi connectivity index (χ3n) is 3.99. The number of amides is 1. The lowest BCUT2D eigenvalue weighted by Gasteiger charge is -2.27. The molecule has 1 amide bonds. The van der Waals surface area contributed by atoms with Crippen molar-refractivity contribution in [1.29, 1.82) is 0 Å². The second-order valence-corrected chi connectivity index (χ2v) is 5.51. The second-order valence-electron chi connectivity index (χ2n) is 5.51. The van der Waals surface area contributed by atoms with Gasteiger partial charge in [-0.3, -0.25) is 4.79 Å². The smallest absolute Gasteiger partial charge is 0.278 e. The van der Waals surface area contributed by atoms with E-state index in [-0.39, 0.29) is 5.91 Å². The standard InChI is InChI=1S/C17H20N4O/c1-20(14-8-4-2-5-9-14)17(22)15-12-19-16(13-18-15)21-10-6-3-7-11-21/h2,4-5,8-9,12-13H,3,6-7,10-11H2,1H3. The lowest BCUT2D eigenvalue weighted by Crippen LogP contribution is -2.31. The fourth-order valence-corrected chi connectivity index (χ4v) is 2.66. The molecule has 5 nitrogen and oxygen atoms in total. The fourth-order valence-electron chi connectivity index (χ4n) is 2.66. The summed E-state index contributed by atoms with van der Waals surface area (Å²) in [5.74, 6) is 0.711. The van der Waals surface area contributed by atoms with Gasteiger partial charge in [-0.1, -0.05) is 18.2 Å². The van der Waals surface area contributed by atoms with Gasteiger partial charge in [0, 0.05) is 25.8 Å². The van der Waals surface area contributed by atoms with Gasteiger partial charge in [-0.15, -0.1) is 0 Å². The van der Waals surface area contributed by atoms with E-state index < -0.39 is 0 Å². The third kappa shape index (κ3) is 3.08. The Morgan fingerprint density at radius 1 is 1.05 bits per heavy atom. The van der Waals surface area contributed by atoms with Gasteiger partial charge >= 0.3 is 0 Å². The molecule has 114 valence electrons. The maximum atomic E-state index is 12.4. The van der Waals surface area contributed by atoms with Crippen LogP contribution in [0.5, 0.6) is 0 Å². The maximum absolute atomic E-state index is 12.4. The molecule has 1 fully saturated rings. The molecule has 1 aliphatic rings. The van der Waals surface area contributed by atoms with Crippen LogP contribution in [0.2, 0.25) is 0 Å². The summed E-state index contributed by atoms with van der Waals surface area (Å²) < 4.78 is 0. The van der Waals surface area contributed by atoms with Crippen molar-refractivity contribution in [2.24, 2.45) is 0 Å². The van der Waals surface area contributed by atoms with Crippen molar-refractivity contribution in [1.82, 2.24) is 9.97 Å². The molecule has 2 aromatic rings. The molecule has 1 saturated heterocycles. The monoisotopic (exact) mass is 296 g/mol. The molecule has 2 heterocycles. The Bertz CT molecular complexity index is 621. The van der Waals surface area contributed by atoms with Crippen LogP contribution in [0.15, 0.2) is 42.7 Å². The molecular formula is C17H20N4O. The Hall–Kier alpha value is -2.43. The zero-order valence-electron chi connectivity index (χ0n) is 12.8. The van der Waals surface area contributed by atoms with E-state index in [4.69, 9.17) is 0 Å². The van der Waals surface area contributed by atoms with E-state index >= 15 is 0 Å². The van der Waals surface area contributed by atoms with E-state index in [1.807, 2.05) is 30.3 Å². The summed E-state index contributed by atoms with van der Waals surface area (Å²) in [5, 5.41) is 0. The minimum atomic E-state index is -0.149. The first kappa shape index (κ1) is 14.5. The number of nitrogens with zero attached hydrogens (tertiary/aromatic N) is 4. The molecule has 5 heteroatoms. The van der Waals surface area contributed by atoms with Gasteiger partial charge in [-0.05, 0) is 31.4 Å². The number of benzene rings is 1. The van der Waals surface area contributed by atoms with Gasteiger partial charge in [0.1, 0.15) is 11.5 Å². The first-order valence-corrected chi connectivity index (χ1v) is 7.66. The predicted molar refractivity (Wildman–Crippen MR) is 87.3 cm³/mol. The summed E-state index contributed by atoms with van der Waals surface area (Å²) >= 11 is 0. The van der Waals surface area contributed by atoms with Crippen LogP contribution in [0.25, 0.3) is 0 Å². The van der Waals surface area contributed by atoms with E-state index in [9.17, 15) is 4.79 Å². The molecule has 0 saturated carbocycles. The number of para-hydroxylation sites is 1. The van der Waals surface area contributed by atoms with Crippen LogP contribution in [0, 0.1) is 0 Å². The molecule has 0 spiro atoms. The van der Waals surface area contributed by atoms with Crippen LogP contribution in [-0.4, -0.2) is 36.0 Å². The number of aromatic nitrogens is 2. The molecule has 0 radical (unpaired) electrons. The number of carbonyl (C=O) groups excluding carboxylic acids is 1. The summed E-state index contributed by atoms with van der Waals surface area (Å²) in [6.07, 6.45) is 6.95. The number of carbonyl (C=O) groups is 1. The Morgan fingerprint density at radius 2 is 1.77 bits per heavy atom. The predicted octanol–water partition coefficient (Wildman–Crippen LogP) is 2.74. The molecule has 3 rings (SSSR count). The van der Waals surface area contributed by atoms with Crippen LogP contribution in [0.1, 0.15) is 29.8 Å². The van der Waals surface area contributed by atoms with Gasteiger partial charge in [0.2, 0.25) is 0 Å². The highest BCUT2D eigenvalue weighted by Gasteiger charge is 2.17. The van der Waals surface area contributed by atoms with Crippen molar-refractivity contribution in [2.45, 2.75) is 19.3 Å². The third-order valence-corrected chi connectivity index (χ3v) is 3.99. The van der Waals surface area contributed by atoms with Crippen molar-refractivity contribution < 1.29 is 4.79 Å². The van der Waals surface area contributed by atoms with Gasteiger partial charge in [0.15, 0.2) is 0 Å². The number of piperidine rings is 1. The fraction of sp³-hybridized carbons (Fsp3) is 0.353. The molecule has 0 unspecified atom stereocenters. The molecule has 0 aliphatic carbocycles. The SMILES string of the molecule is CN(C(=O)c1cnc(N2CCCCC2)cn1)c1ccccc1. The molecule has 1 aliphatic heterocycles. The number of hydrogen-bond acceptors (Lipinski definition) is 4. The van der Waals surface area contributed by atoms with Gasteiger partial charge < -0.3 is 9.80 Å². The normalized spacial score (nSPS) is 14.7. The number of rotatable bonds is 3. The summed E-state index contributed by atoms with van der Waals surface area (Å²) in [5.41, 5.74) is 1.21. The van der Waals surface area contributed by atoms with E-state index in [1.165, 1.54) is 19.3 Å². The first-order chi connectivity index (χ1) is 10.8. The summed E-state index contributed by atoms with van der Waals surface area (Å²) in [4.78, 5) is 25.0. The van der Waals surface area contributed by atoms with Crippen molar-refractivity contribution in [3.05, 3.63) is 48.4 Å². The highest BCUT2D eigenvalue weighted by molar-refractivity contribution is 6.04. The van der Waals surface area contributed by atoms with E-state index in [2.05, 4.69) is 14.9 Å². The van der Waals surface area contributed by atoms with Crippen molar-refractivity contribution in [3.63, 3.8) is 0 Å². The van der Waals surface area contributed by atoms with Crippen LogP contribution >= 0.6 is 0 Å². The van der Waals surface area contributed by atoms with Gasteiger partial charge in [-0.25, -0.2) is 9.97 Å². The van der Waals surface area contributed by atoms with E-state index in [0.29, 0.717) is 5.69 Å². The molecule has 0 N–H and O–H groups in total. The summed E-state index contributed by atoms with van der Waals surface area (Å²) in [7, 11) is 1.75. The quantitative estimate of drug-likeness (QED) is 0.874. The molecular weight excluding hydrogens is 276 g/mol. The Kier molecular flexibility index (Phi) is 4.32. The van der Waals surface area contributed by atoms with Crippen LogP contribution in [0.3, 0.4) is 0 Å². The molecule has 0 atom stereocenters. The molecule has 22 heavy (non-hydrogen) atoms. The average molecular weight is 296 g/mol. The molecule has 0 bridgehead atoms. The zero-order valence-corrected chi connectivity index (χ0v) is 12.8. The molecule has 1 aromatic carbocycles. The minimum Gasteiger partial charge on any atom is -0.355 e. The number of anilines is 2. The van der Waals surface area contributed by atoms with Crippen LogP contribution in [-0.2, 0) is 0 Å². The minimum absolute atomic E-state index is 0.149. The topological polar surface area (TPSA) is 49.3 Å². The first-order valence-electron chi connectivity index (χ1n) is 7.66. The van der Waals surface area contributed by atoms with Crippen LogP contribution in [0.4, 0.5) is 11.5 Å².